The van der Waals surface area contributed by atoms with Crippen LogP contribution in [0.3, 0.4) is 0 Å². The van der Waals surface area contributed by atoms with E-state index in [1.165, 1.54) is 17.0 Å². The molecular formula is C29H34ClN3O4S. The van der Waals surface area contributed by atoms with Crippen molar-refractivity contribution in [2.24, 2.45) is 0 Å². The van der Waals surface area contributed by atoms with Gasteiger partial charge in [0.1, 0.15) is 12.6 Å². The van der Waals surface area contributed by atoms with Crippen molar-refractivity contribution in [2.75, 3.05) is 17.4 Å². The van der Waals surface area contributed by atoms with Crippen LogP contribution in [0.5, 0.6) is 0 Å². The summed E-state index contributed by atoms with van der Waals surface area (Å²) in [7, 11) is -4.15. The first kappa shape index (κ1) is 29.2. The summed E-state index contributed by atoms with van der Waals surface area (Å²) in [6.45, 7) is 9.02. The van der Waals surface area contributed by atoms with Gasteiger partial charge in [-0.05, 0) is 70.0 Å². The summed E-state index contributed by atoms with van der Waals surface area (Å²) in [5.41, 5.74) is 3.62. The SMILES string of the molecule is CCNC(=O)[C@@H](C)N(Cc1ccc(C)cc1)C(=O)CN(c1cccc(Cl)c1C)S(=O)(=O)c1ccc(C)cc1. The maximum absolute atomic E-state index is 13.9. The highest BCUT2D eigenvalue weighted by atomic mass is 35.5. The normalized spacial score (nSPS) is 12.1. The predicted molar refractivity (Wildman–Crippen MR) is 152 cm³/mol. The molecule has 3 rings (SSSR count). The zero-order valence-electron chi connectivity index (χ0n) is 22.4. The molecular weight excluding hydrogens is 522 g/mol. The van der Waals surface area contributed by atoms with Gasteiger partial charge >= 0.3 is 0 Å². The minimum atomic E-state index is -4.15. The van der Waals surface area contributed by atoms with Crippen molar-refractivity contribution in [1.82, 2.24) is 10.2 Å². The second-order valence-electron chi connectivity index (χ2n) is 9.29. The molecule has 2 amide bonds. The van der Waals surface area contributed by atoms with E-state index in [9.17, 15) is 18.0 Å². The number of anilines is 1. The van der Waals surface area contributed by atoms with E-state index >= 15 is 0 Å². The number of carbonyl (C=O) groups is 2. The van der Waals surface area contributed by atoms with Crippen LogP contribution in [0.1, 0.15) is 36.1 Å². The number of sulfonamides is 1. The number of nitrogens with zero attached hydrogens (tertiary/aromatic N) is 2. The number of benzene rings is 3. The van der Waals surface area contributed by atoms with Crippen molar-refractivity contribution in [2.45, 2.75) is 52.1 Å². The summed E-state index contributed by atoms with van der Waals surface area (Å²) in [6, 6.07) is 18.2. The van der Waals surface area contributed by atoms with Gasteiger partial charge in [-0.3, -0.25) is 13.9 Å². The quantitative estimate of drug-likeness (QED) is 0.381. The summed E-state index contributed by atoms with van der Waals surface area (Å²) in [6.07, 6.45) is 0. The molecule has 202 valence electrons. The Morgan fingerprint density at radius 2 is 1.50 bits per heavy atom. The van der Waals surface area contributed by atoms with E-state index in [0.29, 0.717) is 22.8 Å². The number of amides is 2. The van der Waals surface area contributed by atoms with E-state index in [4.69, 9.17) is 11.6 Å². The molecule has 1 N–H and O–H groups in total. The van der Waals surface area contributed by atoms with Gasteiger partial charge in [-0.2, -0.15) is 0 Å². The van der Waals surface area contributed by atoms with Crippen molar-refractivity contribution in [3.05, 3.63) is 94.0 Å². The van der Waals surface area contributed by atoms with Crippen LogP contribution in [0.25, 0.3) is 0 Å². The number of rotatable bonds is 10. The number of hydrogen-bond acceptors (Lipinski definition) is 4. The standard InChI is InChI=1S/C29H34ClN3O4S/c1-6-31-29(35)23(5)32(18-24-14-10-20(2)11-15-24)28(34)19-33(27-9-7-8-26(30)22(27)4)38(36,37)25-16-12-21(3)13-17-25/h7-17,23H,6,18-19H2,1-5H3,(H,31,35)/t23-/m1/s1. The zero-order chi connectivity index (χ0) is 28.0. The molecule has 7 nitrogen and oxygen atoms in total. The van der Waals surface area contributed by atoms with E-state index in [-0.39, 0.29) is 17.3 Å². The Morgan fingerprint density at radius 3 is 2.08 bits per heavy atom. The summed E-state index contributed by atoms with van der Waals surface area (Å²) in [5.74, 6) is -0.834. The first-order chi connectivity index (χ1) is 17.9. The second-order valence-corrected chi connectivity index (χ2v) is 11.6. The van der Waals surface area contributed by atoms with Crippen molar-refractivity contribution >= 4 is 39.1 Å². The molecule has 0 bridgehead atoms. The average Bonchev–Trinajstić information content (AvgIpc) is 2.88. The van der Waals surface area contributed by atoms with E-state index < -0.39 is 28.5 Å². The molecule has 0 fully saturated rings. The summed E-state index contributed by atoms with van der Waals surface area (Å²) >= 11 is 6.35. The van der Waals surface area contributed by atoms with Crippen LogP contribution in [0.2, 0.25) is 5.02 Å². The van der Waals surface area contributed by atoms with E-state index in [2.05, 4.69) is 5.32 Å². The van der Waals surface area contributed by atoms with Gasteiger partial charge in [0.15, 0.2) is 0 Å². The maximum Gasteiger partial charge on any atom is 0.264 e. The fraction of sp³-hybridized carbons (Fsp3) is 0.310. The monoisotopic (exact) mass is 555 g/mol. The molecule has 0 spiro atoms. The number of halogens is 1. The lowest BCUT2D eigenvalue weighted by molar-refractivity contribution is -0.139. The first-order valence-corrected chi connectivity index (χ1v) is 14.2. The highest BCUT2D eigenvalue weighted by molar-refractivity contribution is 7.92. The van der Waals surface area contributed by atoms with Crippen LogP contribution in [-0.4, -0.2) is 44.3 Å². The van der Waals surface area contributed by atoms with Crippen molar-refractivity contribution in [1.29, 1.82) is 0 Å². The molecule has 0 saturated carbocycles. The van der Waals surface area contributed by atoms with Gasteiger partial charge in [-0.25, -0.2) is 8.42 Å². The maximum atomic E-state index is 13.9. The van der Waals surface area contributed by atoms with Crippen molar-refractivity contribution in [3.63, 3.8) is 0 Å². The van der Waals surface area contributed by atoms with Crippen LogP contribution >= 0.6 is 11.6 Å². The average molecular weight is 556 g/mol. The molecule has 0 aliphatic heterocycles. The Labute approximate surface area is 230 Å². The lowest BCUT2D eigenvalue weighted by Gasteiger charge is -2.32. The van der Waals surface area contributed by atoms with Crippen LogP contribution in [0.15, 0.2) is 71.6 Å². The van der Waals surface area contributed by atoms with Crippen LogP contribution < -0.4 is 9.62 Å². The number of nitrogens with one attached hydrogen (secondary N) is 1. The molecule has 0 aliphatic carbocycles. The molecule has 0 saturated heterocycles. The largest absolute Gasteiger partial charge is 0.355 e. The molecule has 1 atom stereocenters. The van der Waals surface area contributed by atoms with E-state index in [1.54, 1.807) is 51.1 Å². The van der Waals surface area contributed by atoms with E-state index in [0.717, 1.165) is 21.0 Å². The summed E-state index contributed by atoms with van der Waals surface area (Å²) in [5, 5.41) is 3.14. The highest BCUT2D eigenvalue weighted by Gasteiger charge is 2.33. The fourth-order valence-corrected chi connectivity index (χ4v) is 5.65. The van der Waals surface area contributed by atoms with Gasteiger partial charge in [-0.1, -0.05) is 65.2 Å². The second kappa shape index (κ2) is 12.5. The minimum absolute atomic E-state index is 0.0529. The third kappa shape index (κ3) is 6.74. The number of carbonyl (C=O) groups excluding carboxylic acids is 2. The first-order valence-electron chi connectivity index (χ1n) is 12.4. The van der Waals surface area contributed by atoms with Crippen LogP contribution in [-0.2, 0) is 26.2 Å². The highest BCUT2D eigenvalue weighted by Crippen LogP contribution is 2.31. The molecule has 38 heavy (non-hydrogen) atoms. The van der Waals surface area contributed by atoms with Crippen LogP contribution in [0.4, 0.5) is 5.69 Å². The summed E-state index contributed by atoms with van der Waals surface area (Å²) < 4.78 is 28.9. The van der Waals surface area contributed by atoms with Crippen LogP contribution in [0, 0.1) is 20.8 Å². The number of aryl methyl sites for hydroxylation is 2. The van der Waals surface area contributed by atoms with Crippen molar-refractivity contribution in [3.8, 4) is 0 Å². The van der Waals surface area contributed by atoms with Gasteiger partial charge < -0.3 is 10.2 Å². The molecule has 0 aliphatic rings. The van der Waals surface area contributed by atoms with Gasteiger partial charge in [0.25, 0.3) is 10.0 Å². The fourth-order valence-electron chi connectivity index (χ4n) is 4.01. The molecule has 0 unspecified atom stereocenters. The van der Waals surface area contributed by atoms with Gasteiger partial charge in [0.05, 0.1) is 10.6 Å². The molecule has 0 aromatic heterocycles. The molecule has 3 aromatic carbocycles. The number of hydrogen-bond donors (Lipinski definition) is 1. The Balaban J connectivity index is 2.07. The molecule has 9 heteroatoms. The Kier molecular flexibility index (Phi) is 9.57. The van der Waals surface area contributed by atoms with Crippen molar-refractivity contribution < 1.29 is 18.0 Å². The molecule has 0 radical (unpaired) electrons. The third-order valence-corrected chi connectivity index (χ3v) is 8.57. The third-order valence-electron chi connectivity index (χ3n) is 6.39. The van der Waals surface area contributed by atoms with E-state index in [1.807, 2.05) is 38.1 Å². The Hall–Kier alpha value is -3.36. The van der Waals surface area contributed by atoms with Gasteiger partial charge in [0.2, 0.25) is 11.8 Å². The smallest absolute Gasteiger partial charge is 0.264 e. The van der Waals surface area contributed by atoms with Gasteiger partial charge in [0, 0.05) is 18.1 Å². The predicted octanol–water partition coefficient (Wildman–Crippen LogP) is 5.01. The molecule has 3 aromatic rings. The number of likely N-dealkylation sites (N-methyl/N-ethyl adjacent to an activating group) is 1. The summed E-state index contributed by atoms with van der Waals surface area (Å²) in [4.78, 5) is 28.1. The molecule has 0 heterocycles. The lowest BCUT2D eigenvalue weighted by atomic mass is 10.1. The topological polar surface area (TPSA) is 86.8 Å². The Bertz CT molecular complexity index is 1390. The zero-order valence-corrected chi connectivity index (χ0v) is 23.9. The minimum Gasteiger partial charge on any atom is -0.355 e. The lowest BCUT2D eigenvalue weighted by Crippen LogP contribution is -2.51. The van der Waals surface area contributed by atoms with Gasteiger partial charge in [-0.15, -0.1) is 0 Å². The Morgan fingerprint density at radius 1 is 0.921 bits per heavy atom.